The van der Waals surface area contributed by atoms with Gasteiger partial charge in [-0.05, 0) is 38.5 Å². The van der Waals surface area contributed by atoms with E-state index in [2.05, 4.69) is 31.3 Å². The third-order valence-electron chi connectivity index (χ3n) is 11.3. The molecule has 0 saturated heterocycles. The summed E-state index contributed by atoms with van der Waals surface area (Å²) in [5, 5.41) is 13.9. The summed E-state index contributed by atoms with van der Waals surface area (Å²) in [6.07, 6.45) is 46.4. The Balaban J connectivity index is 4.24. The minimum absolute atomic E-state index is 0.0143. The van der Waals surface area contributed by atoms with Gasteiger partial charge in [0, 0.05) is 6.42 Å². The molecule has 1 amide bonds. The van der Waals surface area contributed by atoms with Crippen LogP contribution in [-0.2, 0) is 18.4 Å². The molecule has 0 aliphatic carbocycles. The Labute approximate surface area is 354 Å². The first-order chi connectivity index (χ1) is 27.5. The molecule has 2 N–H and O–H groups in total. The molecular weight excluding hydrogens is 732 g/mol. The van der Waals surface area contributed by atoms with Crippen molar-refractivity contribution in [3.8, 4) is 0 Å². The first-order valence-corrected chi connectivity index (χ1v) is 26.0. The predicted molar refractivity (Wildman–Crippen MR) is 242 cm³/mol. The number of hydrogen-bond donors (Lipinski definition) is 2. The molecule has 0 rings (SSSR count). The molecule has 0 spiro atoms. The number of rotatable bonds is 45. The highest BCUT2D eigenvalue weighted by molar-refractivity contribution is 7.45. The minimum Gasteiger partial charge on any atom is -0.756 e. The summed E-state index contributed by atoms with van der Waals surface area (Å²) in [6.45, 7) is 4.73. The SMILES string of the molecule is CCCCCCCC/C=C/CCCCCCCCCCCCCC(=O)N[C@@H](COP(=O)([O-])OCC[N+](C)(C)C)[C@H](O)CCCCCCCCCCCCCCCC. The van der Waals surface area contributed by atoms with Crippen LogP contribution in [0.1, 0.15) is 239 Å². The lowest BCUT2D eigenvalue weighted by Crippen LogP contribution is -2.46. The van der Waals surface area contributed by atoms with Crippen molar-refractivity contribution >= 4 is 13.7 Å². The van der Waals surface area contributed by atoms with Crippen LogP contribution in [-0.4, -0.2) is 68.5 Å². The number of likely N-dealkylation sites (N-methyl/N-ethyl adjacent to an activating group) is 1. The molecule has 0 radical (unpaired) electrons. The van der Waals surface area contributed by atoms with Crippen molar-refractivity contribution < 1.29 is 32.9 Å². The maximum atomic E-state index is 12.9. The van der Waals surface area contributed by atoms with E-state index >= 15 is 0 Å². The van der Waals surface area contributed by atoms with E-state index in [-0.39, 0.29) is 19.1 Å². The Morgan fingerprint density at radius 3 is 1.37 bits per heavy atom. The average molecular weight is 829 g/mol. The zero-order valence-corrected chi connectivity index (χ0v) is 39.5. The molecule has 8 nitrogen and oxygen atoms in total. The second kappa shape index (κ2) is 40.6. The first-order valence-electron chi connectivity index (χ1n) is 24.5. The largest absolute Gasteiger partial charge is 0.756 e. The van der Waals surface area contributed by atoms with E-state index in [0.29, 0.717) is 23.9 Å². The van der Waals surface area contributed by atoms with Crippen LogP contribution in [0.15, 0.2) is 12.2 Å². The lowest BCUT2D eigenvalue weighted by atomic mass is 10.0. The highest BCUT2D eigenvalue weighted by Crippen LogP contribution is 2.38. The van der Waals surface area contributed by atoms with Gasteiger partial charge in [-0.2, -0.15) is 0 Å². The number of amides is 1. The van der Waals surface area contributed by atoms with E-state index in [1.165, 1.54) is 173 Å². The maximum Gasteiger partial charge on any atom is 0.268 e. The number of carbonyl (C=O) groups is 1. The second-order valence-corrected chi connectivity index (χ2v) is 19.6. The number of phosphoric ester groups is 1. The summed E-state index contributed by atoms with van der Waals surface area (Å²) in [5.74, 6) is -0.163. The number of aliphatic hydroxyl groups is 1. The van der Waals surface area contributed by atoms with Crippen molar-refractivity contribution in [1.29, 1.82) is 0 Å². The Kier molecular flexibility index (Phi) is 40.1. The molecule has 0 heterocycles. The molecule has 9 heteroatoms. The number of nitrogens with one attached hydrogen (secondary N) is 1. The van der Waals surface area contributed by atoms with Gasteiger partial charge in [0.1, 0.15) is 13.2 Å². The van der Waals surface area contributed by atoms with Crippen LogP contribution in [0.5, 0.6) is 0 Å². The number of hydrogen-bond acceptors (Lipinski definition) is 6. The van der Waals surface area contributed by atoms with Crippen LogP contribution in [0, 0.1) is 0 Å². The zero-order chi connectivity index (χ0) is 42.1. The van der Waals surface area contributed by atoms with Crippen LogP contribution in [0.25, 0.3) is 0 Å². The molecular formula is C48H97N2O6P. The van der Waals surface area contributed by atoms with Crippen LogP contribution >= 0.6 is 7.82 Å². The molecule has 340 valence electrons. The van der Waals surface area contributed by atoms with E-state index in [1.807, 2.05) is 21.1 Å². The van der Waals surface area contributed by atoms with E-state index in [9.17, 15) is 19.4 Å². The fourth-order valence-corrected chi connectivity index (χ4v) is 8.05. The predicted octanol–water partition coefficient (Wildman–Crippen LogP) is 13.3. The van der Waals surface area contributed by atoms with Gasteiger partial charge >= 0.3 is 0 Å². The molecule has 0 aliphatic rings. The Morgan fingerprint density at radius 2 is 0.965 bits per heavy atom. The van der Waals surface area contributed by atoms with E-state index in [4.69, 9.17) is 9.05 Å². The van der Waals surface area contributed by atoms with Crippen LogP contribution in [0.2, 0.25) is 0 Å². The normalized spacial score (nSPS) is 14.3. The second-order valence-electron chi connectivity index (χ2n) is 18.2. The van der Waals surface area contributed by atoms with E-state index in [1.54, 1.807) is 0 Å². The van der Waals surface area contributed by atoms with Crippen molar-refractivity contribution in [2.45, 2.75) is 251 Å². The third-order valence-corrected chi connectivity index (χ3v) is 12.2. The lowest BCUT2D eigenvalue weighted by molar-refractivity contribution is -0.870. The van der Waals surface area contributed by atoms with Crippen molar-refractivity contribution in [2.24, 2.45) is 0 Å². The topological polar surface area (TPSA) is 108 Å². The third kappa shape index (κ3) is 43.1. The van der Waals surface area contributed by atoms with Crippen molar-refractivity contribution in [3.63, 3.8) is 0 Å². The molecule has 0 fully saturated rings. The Bertz CT molecular complexity index is 942. The van der Waals surface area contributed by atoms with Gasteiger partial charge in [-0.3, -0.25) is 9.36 Å². The molecule has 0 aromatic carbocycles. The van der Waals surface area contributed by atoms with Crippen LogP contribution in [0.4, 0.5) is 0 Å². The Hall–Kier alpha value is -0.760. The summed E-state index contributed by atoms with van der Waals surface area (Å²) in [4.78, 5) is 25.4. The number of aliphatic hydroxyl groups excluding tert-OH is 1. The zero-order valence-electron chi connectivity index (χ0n) is 38.6. The fourth-order valence-electron chi connectivity index (χ4n) is 7.33. The van der Waals surface area contributed by atoms with E-state index in [0.717, 1.165) is 38.5 Å². The van der Waals surface area contributed by atoms with Crippen molar-refractivity contribution in [2.75, 3.05) is 40.9 Å². The summed E-state index contributed by atoms with van der Waals surface area (Å²) < 4.78 is 23.3. The van der Waals surface area contributed by atoms with Crippen molar-refractivity contribution in [3.05, 3.63) is 12.2 Å². The van der Waals surface area contributed by atoms with Gasteiger partial charge in [0.05, 0.1) is 39.9 Å². The number of phosphoric acid groups is 1. The minimum atomic E-state index is -4.56. The maximum absolute atomic E-state index is 12.9. The van der Waals surface area contributed by atoms with Gasteiger partial charge in [0.25, 0.3) is 7.82 Å². The van der Waals surface area contributed by atoms with Gasteiger partial charge < -0.3 is 28.8 Å². The summed E-state index contributed by atoms with van der Waals surface area (Å²) in [6, 6.07) is -0.796. The monoisotopic (exact) mass is 829 g/mol. The summed E-state index contributed by atoms with van der Waals surface area (Å²) >= 11 is 0. The molecule has 0 aromatic heterocycles. The van der Waals surface area contributed by atoms with Crippen LogP contribution in [0.3, 0.4) is 0 Å². The molecule has 0 aliphatic heterocycles. The number of unbranched alkanes of at least 4 members (excludes halogenated alkanes) is 30. The van der Waals surface area contributed by atoms with Gasteiger partial charge in [-0.25, -0.2) is 0 Å². The van der Waals surface area contributed by atoms with Crippen molar-refractivity contribution in [1.82, 2.24) is 5.32 Å². The van der Waals surface area contributed by atoms with E-state index < -0.39 is 20.0 Å². The number of allylic oxidation sites excluding steroid dienone is 2. The standard InChI is InChI=1S/C48H97N2O6P/c1-6-8-10-12-14-16-18-20-22-23-24-25-26-27-28-30-32-34-36-38-40-42-48(52)49-46(45-56-57(53,54)55-44-43-50(3,4)5)47(51)41-39-37-35-33-31-29-21-19-17-15-13-11-9-7-2/h20,22,46-47,51H,6-19,21,23-45H2,1-5H3,(H-,49,52,53,54)/b22-20+/t46-,47+/m0/s1. The first kappa shape index (κ1) is 56.2. The number of nitrogens with zero attached hydrogens (tertiary/aromatic N) is 1. The fraction of sp³-hybridized carbons (Fsp3) is 0.938. The van der Waals surface area contributed by atoms with Crippen LogP contribution < -0.4 is 10.2 Å². The number of quaternary nitrogens is 1. The molecule has 0 saturated carbocycles. The average Bonchev–Trinajstić information content (AvgIpc) is 3.16. The highest BCUT2D eigenvalue weighted by Gasteiger charge is 2.24. The Morgan fingerprint density at radius 1 is 0.596 bits per heavy atom. The molecule has 57 heavy (non-hydrogen) atoms. The van der Waals surface area contributed by atoms with Gasteiger partial charge in [-0.1, -0.05) is 206 Å². The molecule has 0 bridgehead atoms. The highest BCUT2D eigenvalue weighted by atomic mass is 31.2. The van der Waals surface area contributed by atoms with Gasteiger partial charge in [0.15, 0.2) is 0 Å². The lowest BCUT2D eigenvalue weighted by Gasteiger charge is -2.30. The smallest absolute Gasteiger partial charge is 0.268 e. The number of carbonyl (C=O) groups excluding carboxylic acids is 1. The molecule has 0 aromatic rings. The molecule has 1 unspecified atom stereocenters. The molecule has 3 atom stereocenters. The summed E-state index contributed by atoms with van der Waals surface area (Å²) in [7, 11) is 1.31. The quantitative estimate of drug-likeness (QED) is 0.0274. The summed E-state index contributed by atoms with van der Waals surface area (Å²) in [5.41, 5.74) is 0. The van der Waals surface area contributed by atoms with Gasteiger partial charge in [-0.15, -0.1) is 0 Å². The van der Waals surface area contributed by atoms with Gasteiger partial charge in [0.2, 0.25) is 5.91 Å².